The number of carbonyl (C=O) groups excluding carboxylic acids is 1. The van der Waals surface area contributed by atoms with Gasteiger partial charge in [0, 0.05) is 5.56 Å². The van der Waals surface area contributed by atoms with E-state index in [0.717, 1.165) is 27.3 Å². The molecule has 7 heteroatoms. The first kappa shape index (κ1) is 17.6. The molecule has 0 unspecified atom stereocenters. The van der Waals surface area contributed by atoms with E-state index in [1.165, 1.54) is 0 Å². The van der Waals surface area contributed by atoms with E-state index in [1.807, 2.05) is 25.3 Å². The van der Waals surface area contributed by atoms with Crippen LogP contribution in [0.25, 0.3) is 0 Å². The number of amides is 2. The van der Waals surface area contributed by atoms with Crippen molar-refractivity contribution in [2.45, 2.75) is 27.4 Å². The van der Waals surface area contributed by atoms with Crippen molar-refractivity contribution < 1.29 is 14.6 Å². The number of hydrogen-bond donors (Lipinski definition) is 4. The number of aromatic hydroxyl groups is 1. The lowest BCUT2D eigenvalue weighted by atomic mass is 10.1. The molecule has 0 aliphatic rings. The third kappa shape index (κ3) is 3.58. The Bertz CT molecular complexity index is 762. The summed E-state index contributed by atoms with van der Waals surface area (Å²) in [7, 11) is 0. The van der Waals surface area contributed by atoms with E-state index in [4.69, 9.17) is 16.4 Å². The van der Waals surface area contributed by atoms with Crippen LogP contribution in [0.2, 0.25) is 0 Å². The van der Waals surface area contributed by atoms with Gasteiger partial charge in [-0.25, -0.2) is 21.5 Å². The Morgan fingerprint density at radius 3 is 2.58 bits per heavy atom. The number of phenolic OH excluding ortho intramolecular Hbond substituents is 1. The van der Waals surface area contributed by atoms with Gasteiger partial charge in [0.25, 0.3) is 0 Å². The molecule has 7 nitrogen and oxygen atoms in total. The molecule has 6 N–H and O–H groups in total. The first-order valence-corrected chi connectivity index (χ1v) is 7.42. The normalized spacial score (nSPS) is 10.4. The summed E-state index contributed by atoms with van der Waals surface area (Å²) in [6, 6.07) is 8.23. The highest BCUT2D eigenvalue weighted by Gasteiger charge is 2.16. The second-order valence-corrected chi connectivity index (χ2v) is 5.58. The van der Waals surface area contributed by atoms with Gasteiger partial charge in [-0.1, -0.05) is 12.1 Å². The molecule has 0 atom stereocenters. The first-order valence-electron chi connectivity index (χ1n) is 7.42. The van der Waals surface area contributed by atoms with E-state index in [-0.39, 0.29) is 12.4 Å². The molecular formula is C17H22N4O3. The molecule has 0 spiro atoms. The molecule has 0 saturated heterocycles. The van der Waals surface area contributed by atoms with Crippen LogP contribution in [0.15, 0.2) is 30.3 Å². The summed E-state index contributed by atoms with van der Waals surface area (Å²) in [4.78, 5) is 11.7. The highest BCUT2D eigenvalue weighted by atomic mass is 16.5. The molecule has 2 aromatic carbocycles. The standard InChI is InChI=1S/C17H22N4O3/c1-10-5-4-6-14(21(19)17(23)20-18)13(10)9-24-16-8-11(2)15(22)7-12(16)3/h4-8,22H,9,18-19H2,1-3H3,(H,20,23). The summed E-state index contributed by atoms with van der Waals surface area (Å²) in [5.41, 5.74) is 5.75. The molecular weight excluding hydrogens is 308 g/mol. The van der Waals surface area contributed by atoms with Gasteiger partial charge in [0.2, 0.25) is 0 Å². The van der Waals surface area contributed by atoms with E-state index >= 15 is 0 Å². The number of phenols is 1. The van der Waals surface area contributed by atoms with Gasteiger partial charge >= 0.3 is 6.03 Å². The van der Waals surface area contributed by atoms with Gasteiger partial charge in [0.15, 0.2) is 0 Å². The third-order valence-corrected chi connectivity index (χ3v) is 3.85. The Morgan fingerprint density at radius 2 is 1.92 bits per heavy atom. The zero-order chi connectivity index (χ0) is 17.9. The molecule has 0 heterocycles. The molecule has 2 amide bonds. The van der Waals surface area contributed by atoms with Crippen molar-refractivity contribution >= 4 is 11.7 Å². The van der Waals surface area contributed by atoms with Crippen molar-refractivity contribution in [2.75, 3.05) is 5.01 Å². The van der Waals surface area contributed by atoms with E-state index < -0.39 is 6.03 Å². The quantitative estimate of drug-likeness (QED) is 0.390. The molecule has 0 aromatic heterocycles. The number of ether oxygens (including phenoxy) is 1. The fraction of sp³-hybridized carbons (Fsp3) is 0.235. The van der Waals surface area contributed by atoms with Crippen LogP contribution in [0, 0.1) is 20.8 Å². The number of benzene rings is 2. The molecule has 0 aliphatic carbocycles. The van der Waals surface area contributed by atoms with Gasteiger partial charge in [-0.2, -0.15) is 0 Å². The van der Waals surface area contributed by atoms with E-state index in [1.54, 1.807) is 31.2 Å². The Balaban J connectivity index is 2.30. The highest BCUT2D eigenvalue weighted by molar-refractivity contribution is 5.91. The Hall–Kier alpha value is -2.77. The number of aryl methyl sites for hydroxylation is 3. The van der Waals surface area contributed by atoms with E-state index in [9.17, 15) is 9.90 Å². The molecule has 0 fully saturated rings. The molecule has 0 aliphatic heterocycles. The summed E-state index contributed by atoms with van der Waals surface area (Å²) in [5, 5.41) is 10.7. The zero-order valence-corrected chi connectivity index (χ0v) is 14.0. The van der Waals surface area contributed by atoms with Crippen molar-refractivity contribution in [1.82, 2.24) is 5.43 Å². The molecule has 0 saturated carbocycles. The van der Waals surface area contributed by atoms with Gasteiger partial charge in [-0.15, -0.1) is 0 Å². The van der Waals surface area contributed by atoms with Gasteiger partial charge in [-0.3, -0.25) is 5.43 Å². The molecule has 24 heavy (non-hydrogen) atoms. The van der Waals surface area contributed by atoms with Crippen LogP contribution < -0.4 is 26.9 Å². The van der Waals surface area contributed by atoms with Crippen LogP contribution in [-0.4, -0.2) is 11.1 Å². The maximum atomic E-state index is 11.7. The van der Waals surface area contributed by atoms with E-state index in [2.05, 4.69) is 0 Å². The summed E-state index contributed by atoms with van der Waals surface area (Å²) in [5.74, 6) is 11.8. The highest BCUT2D eigenvalue weighted by Crippen LogP contribution is 2.29. The van der Waals surface area contributed by atoms with Crippen molar-refractivity contribution in [3.63, 3.8) is 0 Å². The number of nitrogens with zero attached hydrogens (tertiary/aromatic N) is 1. The van der Waals surface area contributed by atoms with Gasteiger partial charge in [-0.05, 0) is 55.7 Å². The minimum absolute atomic E-state index is 0.221. The number of rotatable bonds is 4. The number of urea groups is 1. The molecule has 0 radical (unpaired) electrons. The molecule has 0 bridgehead atoms. The van der Waals surface area contributed by atoms with Crippen LogP contribution >= 0.6 is 0 Å². The maximum Gasteiger partial charge on any atom is 0.350 e. The molecule has 128 valence electrons. The lowest BCUT2D eigenvalue weighted by Crippen LogP contribution is -2.48. The van der Waals surface area contributed by atoms with E-state index in [0.29, 0.717) is 11.4 Å². The predicted octanol–water partition coefficient (Wildman–Crippen LogP) is 2.16. The summed E-state index contributed by atoms with van der Waals surface area (Å²) < 4.78 is 5.89. The number of anilines is 1. The van der Waals surface area contributed by atoms with Crippen LogP contribution in [0.3, 0.4) is 0 Å². The fourth-order valence-electron chi connectivity index (χ4n) is 2.36. The second kappa shape index (κ2) is 7.20. The lowest BCUT2D eigenvalue weighted by molar-refractivity contribution is 0.246. The average Bonchev–Trinajstić information content (AvgIpc) is 2.56. The van der Waals surface area contributed by atoms with Crippen LogP contribution in [0.1, 0.15) is 22.3 Å². The van der Waals surface area contributed by atoms with Crippen molar-refractivity contribution in [3.8, 4) is 11.5 Å². The monoisotopic (exact) mass is 330 g/mol. The molecule has 2 aromatic rings. The lowest BCUT2D eigenvalue weighted by Gasteiger charge is -2.21. The van der Waals surface area contributed by atoms with Gasteiger partial charge in [0.05, 0.1) is 5.69 Å². The van der Waals surface area contributed by atoms with Crippen molar-refractivity contribution in [2.24, 2.45) is 11.7 Å². The summed E-state index contributed by atoms with van der Waals surface area (Å²) in [6.45, 7) is 5.78. The van der Waals surface area contributed by atoms with Crippen LogP contribution in [-0.2, 0) is 6.61 Å². The minimum atomic E-state index is -0.626. The topological polar surface area (TPSA) is 114 Å². The number of nitrogens with one attached hydrogen (secondary N) is 1. The summed E-state index contributed by atoms with van der Waals surface area (Å²) in [6.07, 6.45) is 0. The maximum absolute atomic E-state index is 11.7. The number of nitrogens with two attached hydrogens (primary N) is 2. The Labute approximate surface area is 140 Å². The number of hydrogen-bond acceptors (Lipinski definition) is 5. The average molecular weight is 330 g/mol. The second-order valence-electron chi connectivity index (χ2n) is 5.58. The number of hydrazine groups is 2. The van der Waals surface area contributed by atoms with Crippen molar-refractivity contribution in [3.05, 3.63) is 52.6 Å². The SMILES string of the molecule is Cc1cc(OCc2c(C)cccc2N(N)C(=O)NN)c(C)cc1O. The van der Waals surface area contributed by atoms with Crippen molar-refractivity contribution in [1.29, 1.82) is 0 Å². The summed E-state index contributed by atoms with van der Waals surface area (Å²) >= 11 is 0. The Kier molecular flexibility index (Phi) is 5.28. The smallest absolute Gasteiger partial charge is 0.350 e. The van der Waals surface area contributed by atoms with Gasteiger partial charge < -0.3 is 9.84 Å². The Morgan fingerprint density at radius 1 is 1.21 bits per heavy atom. The number of carbonyl (C=O) groups is 1. The zero-order valence-electron chi connectivity index (χ0n) is 14.0. The molecule has 2 rings (SSSR count). The fourth-order valence-corrected chi connectivity index (χ4v) is 2.36. The van der Waals surface area contributed by atoms with Crippen LogP contribution in [0.5, 0.6) is 11.5 Å². The first-order chi connectivity index (χ1) is 11.3. The largest absolute Gasteiger partial charge is 0.508 e. The van der Waals surface area contributed by atoms with Gasteiger partial charge in [0.1, 0.15) is 18.1 Å². The third-order valence-electron chi connectivity index (χ3n) is 3.85. The van der Waals surface area contributed by atoms with Crippen LogP contribution in [0.4, 0.5) is 10.5 Å². The minimum Gasteiger partial charge on any atom is -0.508 e. The predicted molar refractivity (Wildman–Crippen MR) is 92.5 cm³/mol.